The maximum atomic E-state index is 13.4. The average molecular weight is 482 g/mol. The molecule has 0 unspecified atom stereocenters. The van der Waals surface area contributed by atoms with Crippen LogP contribution in [0.25, 0.3) is 10.2 Å². The third kappa shape index (κ3) is 3.96. The summed E-state index contributed by atoms with van der Waals surface area (Å²) in [5.41, 5.74) is 1.14. The summed E-state index contributed by atoms with van der Waals surface area (Å²) in [5, 5.41) is 0.585. The zero-order valence-electron chi connectivity index (χ0n) is 19.4. The second-order valence-electron chi connectivity index (χ2n) is 8.58. The summed E-state index contributed by atoms with van der Waals surface area (Å²) in [5.74, 6) is 1.17. The molecule has 3 aromatic heterocycles. The van der Waals surface area contributed by atoms with Crippen LogP contribution in [0.5, 0.6) is 0 Å². The van der Waals surface area contributed by atoms with Crippen molar-refractivity contribution in [3.8, 4) is 0 Å². The van der Waals surface area contributed by atoms with E-state index in [0.29, 0.717) is 53.4 Å². The number of anilines is 1. The molecule has 1 amide bonds. The van der Waals surface area contributed by atoms with Gasteiger partial charge in [0, 0.05) is 45.3 Å². The van der Waals surface area contributed by atoms with Gasteiger partial charge in [-0.15, -0.1) is 11.3 Å². The van der Waals surface area contributed by atoms with E-state index >= 15 is 0 Å². The van der Waals surface area contributed by atoms with Crippen molar-refractivity contribution in [3.63, 3.8) is 0 Å². The molecule has 0 radical (unpaired) electrons. The highest BCUT2D eigenvalue weighted by Gasteiger charge is 2.27. The molecule has 0 aliphatic carbocycles. The van der Waals surface area contributed by atoms with Crippen LogP contribution >= 0.6 is 11.3 Å². The number of aromatic nitrogens is 3. The second kappa shape index (κ2) is 9.17. The number of hydrogen-bond donors (Lipinski definition) is 0. The lowest BCUT2D eigenvalue weighted by Crippen LogP contribution is -2.35. The fourth-order valence-corrected chi connectivity index (χ4v) is 5.84. The molecular formula is C24H27N5O4S. The van der Waals surface area contributed by atoms with Gasteiger partial charge in [0.2, 0.25) is 0 Å². The Kier molecular flexibility index (Phi) is 6.07. The number of ether oxygens (including phenoxy) is 1. The van der Waals surface area contributed by atoms with Gasteiger partial charge in [0.1, 0.15) is 16.5 Å². The van der Waals surface area contributed by atoms with Crippen LogP contribution in [0.3, 0.4) is 0 Å². The molecular weight excluding hydrogens is 454 g/mol. The summed E-state index contributed by atoms with van der Waals surface area (Å²) in [7, 11) is 0. The van der Waals surface area contributed by atoms with Crippen molar-refractivity contribution in [2.24, 2.45) is 0 Å². The summed E-state index contributed by atoms with van der Waals surface area (Å²) in [6, 6.07) is 3.54. The monoisotopic (exact) mass is 481 g/mol. The lowest BCUT2D eigenvalue weighted by Gasteiger charge is -2.23. The van der Waals surface area contributed by atoms with Crippen LogP contribution in [0.15, 0.2) is 23.1 Å². The smallest absolute Gasteiger partial charge is 0.339 e. The van der Waals surface area contributed by atoms with E-state index in [1.165, 1.54) is 17.5 Å². The molecule has 1 saturated heterocycles. The highest BCUT2D eigenvalue weighted by Crippen LogP contribution is 2.30. The summed E-state index contributed by atoms with van der Waals surface area (Å²) < 4.78 is 6.77. The van der Waals surface area contributed by atoms with E-state index in [2.05, 4.69) is 14.9 Å². The molecule has 178 valence electrons. The highest BCUT2D eigenvalue weighted by molar-refractivity contribution is 7.20. The number of hydrogen-bond acceptors (Lipinski definition) is 8. The number of carbonyl (C=O) groups excluding carboxylic acids is 2. The number of aryl methyl sites for hydroxylation is 2. The van der Waals surface area contributed by atoms with Crippen LogP contribution in [0.1, 0.15) is 51.2 Å². The predicted octanol–water partition coefficient (Wildman–Crippen LogP) is 2.64. The molecule has 5 rings (SSSR count). The average Bonchev–Trinajstić information content (AvgIpc) is 3.35. The Morgan fingerprint density at radius 3 is 2.74 bits per heavy atom. The SMILES string of the molecule is CCOC(=O)c1ccc(N2CCCN(C(=O)c3sc4nc5n(c(=O)c4c3C)CCC5)CC2)nc1. The molecule has 0 bridgehead atoms. The second-order valence-corrected chi connectivity index (χ2v) is 9.58. The Hall–Kier alpha value is -3.27. The standard InChI is InChI=1S/C24H27N5O4S/c1-3-33-24(32)16-7-8-17(25-14-16)27-9-5-10-28(13-12-27)23(31)20-15(2)19-21(34-20)26-18-6-4-11-29(18)22(19)30/h7-8,14H,3-6,9-13H2,1-2H3. The van der Waals surface area contributed by atoms with Crippen LogP contribution < -0.4 is 10.5 Å². The van der Waals surface area contributed by atoms with Crippen LogP contribution in [-0.4, -0.2) is 64.1 Å². The van der Waals surface area contributed by atoms with Crippen molar-refractivity contribution in [1.82, 2.24) is 19.4 Å². The number of pyridine rings is 1. The van der Waals surface area contributed by atoms with Crippen LogP contribution in [0.2, 0.25) is 0 Å². The van der Waals surface area contributed by atoms with E-state index in [1.807, 2.05) is 17.9 Å². The minimum atomic E-state index is -0.382. The normalized spacial score (nSPS) is 15.9. The molecule has 2 aliphatic rings. The Morgan fingerprint density at radius 2 is 1.97 bits per heavy atom. The van der Waals surface area contributed by atoms with Crippen molar-refractivity contribution in [3.05, 3.63) is 50.5 Å². The molecule has 5 heterocycles. The van der Waals surface area contributed by atoms with Crippen molar-refractivity contribution < 1.29 is 14.3 Å². The highest BCUT2D eigenvalue weighted by atomic mass is 32.1. The van der Waals surface area contributed by atoms with E-state index in [-0.39, 0.29) is 17.4 Å². The Morgan fingerprint density at radius 1 is 1.12 bits per heavy atom. The van der Waals surface area contributed by atoms with Gasteiger partial charge in [-0.25, -0.2) is 14.8 Å². The van der Waals surface area contributed by atoms with E-state index < -0.39 is 0 Å². The molecule has 0 spiro atoms. The van der Waals surface area contributed by atoms with Gasteiger partial charge in [0.05, 0.1) is 22.4 Å². The number of rotatable bonds is 4. The lowest BCUT2D eigenvalue weighted by molar-refractivity contribution is 0.0525. The van der Waals surface area contributed by atoms with E-state index in [9.17, 15) is 14.4 Å². The maximum Gasteiger partial charge on any atom is 0.339 e. The van der Waals surface area contributed by atoms with E-state index in [4.69, 9.17) is 4.74 Å². The zero-order valence-corrected chi connectivity index (χ0v) is 20.2. The Balaban J connectivity index is 1.32. The van der Waals surface area contributed by atoms with Gasteiger partial charge < -0.3 is 14.5 Å². The first-order valence-electron chi connectivity index (χ1n) is 11.7. The van der Waals surface area contributed by atoms with Crippen molar-refractivity contribution in [1.29, 1.82) is 0 Å². The summed E-state index contributed by atoms with van der Waals surface area (Å²) in [6.07, 6.45) is 4.08. The molecule has 9 nitrogen and oxygen atoms in total. The topological polar surface area (TPSA) is 97.6 Å². The quantitative estimate of drug-likeness (QED) is 0.529. The number of amides is 1. The number of thiophene rings is 1. The van der Waals surface area contributed by atoms with Gasteiger partial charge in [-0.2, -0.15) is 0 Å². The first-order valence-corrected chi connectivity index (χ1v) is 12.5. The van der Waals surface area contributed by atoms with Gasteiger partial charge >= 0.3 is 5.97 Å². The van der Waals surface area contributed by atoms with Crippen molar-refractivity contribution >= 4 is 39.2 Å². The van der Waals surface area contributed by atoms with Gasteiger partial charge in [-0.3, -0.25) is 14.2 Å². The molecule has 2 aliphatic heterocycles. The lowest BCUT2D eigenvalue weighted by atomic mass is 10.2. The first-order chi connectivity index (χ1) is 16.5. The minimum absolute atomic E-state index is 0.0234. The minimum Gasteiger partial charge on any atom is -0.462 e. The largest absolute Gasteiger partial charge is 0.462 e. The molecule has 3 aromatic rings. The number of esters is 1. The van der Waals surface area contributed by atoms with Gasteiger partial charge in [0.25, 0.3) is 11.5 Å². The molecule has 0 N–H and O–H groups in total. The molecule has 0 aromatic carbocycles. The van der Waals surface area contributed by atoms with Gasteiger partial charge in [0.15, 0.2) is 0 Å². The fourth-order valence-electron chi connectivity index (χ4n) is 4.68. The van der Waals surface area contributed by atoms with Crippen molar-refractivity contribution in [2.75, 3.05) is 37.7 Å². The Labute approximate surface area is 201 Å². The summed E-state index contributed by atoms with van der Waals surface area (Å²) in [4.78, 5) is 52.7. The molecule has 1 fully saturated rings. The van der Waals surface area contributed by atoms with E-state index in [1.54, 1.807) is 17.6 Å². The third-order valence-electron chi connectivity index (χ3n) is 6.47. The zero-order chi connectivity index (χ0) is 23.8. The summed E-state index contributed by atoms with van der Waals surface area (Å²) >= 11 is 1.33. The van der Waals surface area contributed by atoms with Crippen LogP contribution in [0.4, 0.5) is 5.82 Å². The fraction of sp³-hybridized carbons (Fsp3) is 0.458. The molecule has 0 atom stereocenters. The number of carbonyl (C=O) groups is 2. The van der Waals surface area contributed by atoms with Gasteiger partial charge in [-0.05, 0) is 44.4 Å². The van der Waals surface area contributed by atoms with Crippen LogP contribution in [-0.2, 0) is 17.7 Å². The Bertz CT molecular complexity index is 1310. The molecule has 34 heavy (non-hydrogen) atoms. The molecule has 10 heteroatoms. The molecule has 0 saturated carbocycles. The maximum absolute atomic E-state index is 13.4. The number of fused-ring (bicyclic) bond motifs is 2. The first kappa shape index (κ1) is 22.5. The van der Waals surface area contributed by atoms with Gasteiger partial charge in [-0.1, -0.05) is 0 Å². The number of nitrogens with zero attached hydrogens (tertiary/aromatic N) is 5. The van der Waals surface area contributed by atoms with Crippen LogP contribution in [0, 0.1) is 6.92 Å². The van der Waals surface area contributed by atoms with E-state index in [0.717, 1.165) is 43.0 Å². The summed E-state index contributed by atoms with van der Waals surface area (Å²) in [6.45, 7) is 7.23. The predicted molar refractivity (Wildman–Crippen MR) is 130 cm³/mol. The van der Waals surface area contributed by atoms with Crippen molar-refractivity contribution in [2.45, 2.75) is 39.7 Å². The third-order valence-corrected chi connectivity index (χ3v) is 7.65.